The lowest BCUT2D eigenvalue weighted by atomic mass is 9.98. The van der Waals surface area contributed by atoms with Gasteiger partial charge in [0.15, 0.2) is 6.73 Å². The van der Waals surface area contributed by atoms with Crippen molar-refractivity contribution in [2.45, 2.75) is 18.4 Å². The molecular formula is C25H20ClNO4. The van der Waals surface area contributed by atoms with Gasteiger partial charge < -0.3 is 9.47 Å². The van der Waals surface area contributed by atoms with Crippen LogP contribution in [0.3, 0.4) is 0 Å². The van der Waals surface area contributed by atoms with E-state index in [2.05, 4.69) is 24.3 Å². The van der Waals surface area contributed by atoms with Gasteiger partial charge in [-0.1, -0.05) is 72.3 Å². The molecule has 1 fully saturated rings. The summed E-state index contributed by atoms with van der Waals surface area (Å²) >= 11 is 5.94. The number of fused-ring (bicyclic) bond motifs is 3. The number of halogens is 1. The first-order chi connectivity index (χ1) is 15.1. The molecule has 0 saturated carbocycles. The zero-order valence-electron chi connectivity index (χ0n) is 16.7. The van der Waals surface area contributed by atoms with Gasteiger partial charge in [-0.25, -0.2) is 9.59 Å². The highest BCUT2D eigenvalue weighted by molar-refractivity contribution is 6.30. The van der Waals surface area contributed by atoms with Gasteiger partial charge >= 0.3 is 12.1 Å². The molecule has 5 nitrogen and oxygen atoms in total. The molecular weight excluding hydrogens is 414 g/mol. The Kier molecular flexibility index (Phi) is 5.12. The number of nitrogens with zero attached hydrogens (tertiary/aromatic N) is 1. The maximum atomic E-state index is 12.9. The molecule has 0 bridgehead atoms. The minimum Gasteiger partial charge on any atom is -0.448 e. The van der Waals surface area contributed by atoms with Crippen LogP contribution < -0.4 is 0 Å². The highest BCUT2D eigenvalue weighted by atomic mass is 35.5. The fourth-order valence-electron chi connectivity index (χ4n) is 4.34. The number of amides is 1. The summed E-state index contributed by atoms with van der Waals surface area (Å²) < 4.78 is 10.8. The van der Waals surface area contributed by atoms with Crippen molar-refractivity contribution in [3.8, 4) is 11.1 Å². The second kappa shape index (κ2) is 8.08. The third-order valence-corrected chi connectivity index (χ3v) is 6.16. The normalized spacial score (nSPS) is 17.3. The maximum Gasteiger partial charge on any atom is 0.413 e. The average Bonchev–Trinajstić information content (AvgIpc) is 3.32. The van der Waals surface area contributed by atoms with Crippen LogP contribution in [0.1, 0.15) is 22.6 Å². The van der Waals surface area contributed by atoms with Gasteiger partial charge in [-0.15, -0.1) is 0 Å². The maximum absolute atomic E-state index is 12.9. The quantitative estimate of drug-likeness (QED) is 0.542. The Balaban J connectivity index is 1.31. The lowest BCUT2D eigenvalue weighted by Gasteiger charge is -2.21. The van der Waals surface area contributed by atoms with Crippen LogP contribution in [0.5, 0.6) is 0 Å². The van der Waals surface area contributed by atoms with Crippen molar-refractivity contribution in [1.29, 1.82) is 0 Å². The van der Waals surface area contributed by atoms with E-state index in [-0.39, 0.29) is 19.3 Å². The van der Waals surface area contributed by atoms with Gasteiger partial charge in [0, 0.05) is 17.4 Å². The molecule has 0 spiro atoms. The number of hydrogen-bond acceptors (Lipinski definition) is 4. The summed E-state index contributed by atoms with van der Waals surface area (Å²) in [6.45, 7) is 0.0962. The van der Waals surface area contributed by atoms with Crippen molar-refractivity contribution < 1.29 is 19.1 Å². The Morgan fingerprint density at radius 2 is 1.58 bits per heavy atom. The van der Waals surface area contributed by atoms with E-state index in [0.29, 0.717) is 11.4 Å². The summed E-state index contributed by atoms with van der Waals surface area (Å²) in [7, 11) is 0. The fraction of sp³-hybridized carbons (Fsp3) is 0.200. The van der Waals surface area contributed by atoms with E-state index in [1.807, 2.05) is 36.4 Å². The number of carbonyl (C=O) groups is 2. The van der Waals surface area contributed by atoms with Crippen LogP contribution in [0, 0.1) is 0 Å². The van der Waals surface area contributed by atoms with Gasteiger partial charge in [0.2, 0.25) is 0 Å². The van der Waals surface area contributed by atoms with E-state index in [1.165, 1.54) is 16.0 Å². The first kappa shape index (κ1) is 19.6. The van der Waals surface area contributed by atoms with E-state index in [4.69, 9.17) is 21.1 Å². The molecule has 1 aliphatic heterocycles. The summed E-state index contributed by atoms with van der Waals surface area (Å²) in [6.07, 6.45) is -0.202. The molecule has 6 heteroatoms. The SMILES string of the molecule is O=C1OCN(C(=O)OCC2c3ccccc3-c3ccccc32)[C@H]1Cc1ccc(Cl)cc1. The Bertz CT molecular complexity index is 1100. The number of rotatable bonds is 4. The van der Waals surface area contributed by atoms with Crippen LogP contribution in [-0.2, 0) is 20.7 Å². The molecule has 3 aromatic rings. The van der Waals surface area contributed by atoms with Crippen molar-refractivity contribution in [3.63, 3.8) is 0 Å². The first-order valence-electron chi connectivity index (χ1n) is 10.1. The Morgan fingerprint density at radius 3 is 2.23 bits per heavy atom. The number of benzene rings is 3. The smallest absolute Gasteiger partial charge is 0.413 e. The minimum absolute atomic E-state index is 0.0368. The lowest BCUT2D eigenvalue weighted by Crippen LogP contribution is -2.40. The van der Waals surface area contributed by atoms with Crippen LogP contribution >= 0.6 is 11.6 Å². The number of hydrogen-bond donors (Lipinski definition) is 0. The summed E-state index contributed by atoms with van der Waals surface area (Å²) in [4.78, 5) is 26.5. The predicted molar refractivity (Wildman–Crippen MR) is 117 cm³/mol. The van der Waals surface area contributed by atoms with Gasteiger partial charge in [-0.05, 0) is 39.9 Å². The molecule has 1 heterocycles. The van der Waals surface area contributed by atoms with Crippen molar-refractivity contribution in [1.82, 2.24) is 4.90 Å². The molecule has 1 atom stereocenters. The third kappa shape index (κ3) is 3.66. The minimum atomic E-state index is -0.711. The van der Waals surface area contributed by atoms with E-state index in [0.717, 1.165) is 16.7 Å². The molecule has 0 unspecified atom stereocenters. The molecule has 1 aliphatic carbocycles. The van der Waals surface area contributed by atoms with Crippen molar-refractivity contribution >= 4 is 23.7 Å². The molecule has 2 aliphatic rings. The summed E-state index contributed by atoms with van der Waals surface area (Å²) in [6, 6.07) is 22.8. The zero-order valence-corrected chi connectivity index (χ0v) is 17.4. The summed E-state index contributed by atoms with van der Waals surface area (Å²) in [5, 5.41) is 0.617. The standard InChI is InChI=1S/C25H20ClNO4/c26-17-11-9-16(10-12-17)13-23-24(28)31-15-27(23)25(29)30-14-22-20-7-3-1-5-18(20)19-6-2-4-8-21(19)22/h1-12,22-23H,13-15H2/t23-/m0/s1. The fourth-order valence-corrected chi connectivity index (χ4v) is 4.47. The largest absolute Gasteiger partial charge is 0.448 e. The van der Waals surface area contributed by atoms with Crippen LogP contribution in [0.2, 0.25) is 5.02 Å². The monoisotopic (exact) mass is 433 g/mol. The second-order valence-electron chi connectivity index (χ2n) is 7.71. The molecule has 31 heavy (non-hydrogen) atoms. The number of cyclic esters (lactones) is 1. The van der Waals surface area contributed by atoms with Gasteiger partial charge in [-0.3, -0.25) is 4.90 Å². The molecule has 156 valence electrons. The average molecular weight is 434 g/mol. The van der Waals surface area contributed by atoms with Gasteiger partial charge in [0.25, 0.3) is 0 Å². The molecule has 0 radical (unpaired) electrons. The topological polar surface area (TPSA) is 55.8 Å². The third-order valence-electron chi connectivity index (χ3n) is 5.91. The first-order valence-corrected chi connectivity index (χ1v) is 10.5. The number of carbonyl (C=O) groups excluding carboxylic acids is 2. The van der Waals surface area contributed by atoms with E-state index in [1.54, 1.807) is 12.1 Å². The second-order valence-corrected chi connectivity index (χ2v) is 8.15. The van der Waals surface area contributed by atoms with Gasteiger partial charge in [-0.2, -0.15) is 0 Å². The number of esters is 1. The summed E-state index contributed by atoms with van der Waals surface area (Å²) in [5.74, 6) is -0.464. The van der Waals surface area contributed by atoms with E-state index >= 15 is 0 Å². The van der Waals surface area contributed by atoms with Gasteiger partial charge in [0.05, 0.1) is 0 Å². The van der Waals surface area contributed by atoms with Crippen molar-refractivity contribution in [2.24, 2.45) is 0 Å². The Morgan fingerprint density at radius 1 is 0.968 bits per heavy atom. The molecule has 0 aromatic heterocycles. The van der Waals surface area contributed by atoms with Crippen LogP contribution in [0.4, 0.5) is 4.79 Å². The van der Waals surface area contributed by atoms with Crippen LogP contribution in [-0.4, -0.2) is 36.3 Å². The van der Waals surface area contributed by atoms with Crippen molar-refractivity contribution in [3.05, 3.63) is 94.5 Å². The number of ether oxygens (including phenoxy) is 2. The van der Waals surface area contributed by atoms with Crippen LogP contribution in [0.25, 0.3) is 11.1 Å². The molecule has 1 saturated heterocycles. The Hall–Kier alpha value is -3.31. The zero-order chi connectivity index (χ0) is 21.4. The molecule has 0 N–H and O–H groups in total. The molecule has 5 rings (SSSR count). The van der Waals surface area contributed by atoms with Crippen molar-refractivity contribution in [2.75, 3.05) is 13.3 Å². The highest BCUT2D eigenvalue weighted by Crippen LogP contribution is 2.44. The van der Waals surface area contributed by atoms with E-state index < -0.39 is 18.1 Å². The Labute approximate surface area is 185 Å². The molecule has 1 amide bonds. The van der Waals surface area contributed by atoms with Gasteiger partial charge in [0.1, 0.15) is 12.6 Å². The summed E-state index contributed by atoms with van der Waals surface area (Å²) in [5.41, 5.74) is 5.51. The van der Waals surface area contributed by atoms with E-state index in [9.17, 15) is 9.59 Å². The highest BCUT2D eigenvalue weighted by Gasteiger charge is 2.39. The molecule has 3 aromatic carbocycles. The lowest BCUT2D eigenvalue weighted by molar-refractivity contribution is -0.139. The van der Waals surface area contributed by atoms with Crippen LogP contribution in [0.15, 0.2) is 72.8 Å². The predicted octanol–water partition coefficient (Wildman–Crippen LogP) is 5.02.